The van der Waals surface area contributed by atoms with Gasteiger partial charge in [0.05, 0.1) is 13.4 Å². The van der Waals surface area contributed by atoms with Crippen molar-refractivity contribution in [1.82, 2.24) is 14.1 Å². The molecule has 4 rings (SSSR count). The number of rotatable bonds is 8. The molecular formula is C23H22N4O3S. The van der Waals surface area contributed by atoms with Gasteiger partial charge in [0.15, 0.2) is 0 Å². The Labute approximate surface area is 183 Å². The van der Waals surface area contributed by atoms with E-state index in [1.165, 1.54) is 7.11 Å². The lowest BCUT2D eigenvalue weighted by Gasteiger charge is -2.20. The molecule has 7 nitrogen and oxygen atoms in total. The van der Waals surface area contributed by atoms with Crippen molar-refractivity contribution in [3.05, 3.63) is 95.0 Å². The van der Waals surface area contributed by atoms with E-state index >= 15 is 0 Å². The minimum absolute atomic E-state index is 0.197. The van der Waals surface area contributed by atoms with Crippen LogP contribution in [-0.2, 0) is 22.5 Å². The zero-order chi connectivity index (χ0) is 21.6. The lowest BCUT2D eigenvalue weighted by molar-refractivity contribution is -0.119. The van der Waals surface area contributed by atoms with Crippen LogP contribution in [0.15, 0.2) is 78.8 Å². The Hall–Kier alpha value is -3.65. The molecule has 0 aliphatic rings. The molecule has 0 saturated heterocycles. The normalized spacial score (nSPS) is 11.8. The number of nitrogens with one attached hydrogen (secondary N) is 1. The Morgan fingerprint density at radius 1 is 1.13 bits per heavy atom. The molecule has 8 heteroatoms. The van der Waals surface area contributed by atoms with Crippen molar-refractivity contribution in [2.24, 2.45) is 0 Å². The predicted molar refractivity (Wildman–Crippen MR) is 119 cm³/mol. The van der Waals surface area contributed by atoms with Gasteiger partial charge in [0, 0.05) is 42.1 Å². The Kier molecular flexibility index (Phi) is 6.28. The molecule has 31 heavy (non-hydrogen) atoms. The summed E-state index contributed by atoms with van der Waals surface area (Å²) in [6.07, 6.45) is 7.62. The zero-order valence-electron chi connectivity index (χ0n) is 17.0. The molecule has 1 amide bonds. The highest BCUT2D eigenvalue weighted by molar-refractivity contribution is 7.09. The summed E-state index contributed by atoms with van der Waals surface area (Å²) in [7, 11) is 1.33. The smallest absolute Gasteiger partial charge is 0.354 e. The van der Waals surface area contributed by atoms with Crippen LogP contribution in [0.4, 0.5) is 5.69 Å². The van der Waals surface area contributed by atoms with Crippen molar-refractivity contribution >= 4 is 28.9 Å². The molecule has 0 bridgehead atoms. The minimum Gasteiger partial charge on any atom is -0.464 e. The second-order valence-corrected chi connectivity index (χ2v) is 8.05. The number of hydrogen-bond donors (Lipinski definition) is 1. The number of hydrogen-bond acceptors (Lipinski definition) is 5. The van der Waals surface area contributed by atoms with Crippen molar-refractivity contribution in [2.45, 2.75) is 19.0 Å². The third-order valence-electron chi connectivity index (χ3n) is 4.93. The number of aromatic nitrogens is 3. The summed E-state index contributed by atoms with van der Waals surface area (Å²) in [5.74, 6) is -0.671. The standard InChI is InChI=1S/C23H22N4O3S/c1-30-23(29)20-5-2-11-27(20)21(14-19-4-3-13-31-19)22(28)25-18-8-6-17(7-9-18)15-26-12-10-24-16-26/h2-13,16,21H,14-15H2,1H3,(H,25,28). The van der Waals surface area contributed by atoms with Gasteiger partial charge in [-0.3, -0.25) is 4.79 Å². The van der Waals surface area contributed by atoms with Gasteiger partial charge < -0.3 is 19.2 Å². The maximum Gasteiger partial charge on any atom is 0.354 e. The van der Waals surface area contributed by atoms with Gasteiger partial charge in [0.1, 0.15) is 11.7 Å². The third-order valence-corrected chi connectivity index (χ3v) is 5.83. The highest BCUT2D eigenvalue weighted by Crippen LogP contribution is 2.23. The molecule has 1 aromatic carbocycles. The van der Waals surface area contributed by atoms with Crippen LogP contribution < -0.4 is 5.32 Å². The van der Waals surface area contributed by atoms with E-state index in [1.54, 1.807) is 46.8 Å². The number of methoxy groups -OCH3 is 1. The van der Waals surface area contributed by atoms with E-state index in [2.05, 4.69) is 10.3 Å². The molecule has 0 fully saturated rings. The maximum absolute atomic E-state index is 13.2. The molecule has 158 valence electrons. The first-order chi connectivity index (χ1) is 15.1. The molecule has 0 aliphatic carbocycles. The lowest BCUT2D eigenvalue weighted by atomic mass is 10.1. The molecule has 0 spiro atoms. The van der Waals surface area contributed by atoms with Gasteiger partial charge in [-0.25, -0.2) is 9.78 Å². The van der Waals surface area contributed by atoms with Crippen LogP contribution in [0, 0.1) is 0 Å². The highest BCUT2D eigenvalue weighted by atomic mass is 32.1. The highest BCUT2D eigenvalue weighted by Gasteiger charge is 2.25. The summed E-state index contributed by atoms with van der Waals surface area (Å²) in [5.41, 5.74) is 2.14. The second-order valence-electron chi connectivity index (χ2n) is 7.01. The van der Waals surface area contributed by atoms with Crippen LogP contribution in [0.3, 0.4) is 0 Å². The molecule has 3 heterocycles. The molecule has 1 atom stereocenters. The van der Waals surface area contributed by atoms with Gasteiger partial charge >= 0.3 is 5.97 Å². The first kappa shape index (κ1) is 20.6. The Balaban J connectivity index is 1.53. The van der Waals surface area contributed by atoms with Gasteiger partial charge in [-0.2, -0.15) is 0 Å². The van der Waals surface area contributed by atoms with E-state index in [9.17, 15) is 9.59 Å². The number of carbonyl (C=O) groups excluding carboxylic acids is 2. The van der Waals surface area contributed by atoms with Crippen molar-refractivity contribution in [2.75, 3.05) is 12.4 Å². The number of benzene rings is 1. The molecule has 1 N–H and O–H groups in total. The number of thiophene rings is 1. The van der Waals surface area contributed by atoms with Crippen molar-refractivity contribution in [1.29, 1.82) is 0 Å². The average molecular weight is 435 g/mol. The van der Waals surface area contributed by atoms with E-state index in [0.29, 0.717) is 24.3 Å². The summed E-state index contributed by atoms with van der Waals surface area (Å²) >= 11 is 1.58. The van der Waals surface area contributed by atoms with Crippen LogP contribution in [0.5, 0.6) is 0 Å². The summed E-state index contributed by atoms with van der Waals surface area (Å²) in [6.45, 7) is 0.709. The van der Waals surface area contributed by atoms with Gasteiger partial charge in [-0.1, -0.05) is 18.2 Å². The van der Waals surface area contributed by atoms with Crippen LogP contribution in [0.2, 0.25) is 0 Å². The van der Waals surface area contributed by atoms with Gasteiger partial charge in [0.25, 0.3) is 0 Å². The van der Waals surface area contributed by atoms with Gasteiger partial charge in [-0.15, -0.1) is 11.3 Å². The Morgan fingerprint density at radius 3 is 2.65 bits per heavy atom. The largest absolute Gasteiger partial charge is 0.464 e. The fourth-order valence-electron chi connectivity index (χ4n) is 3.39. The maximum atomic E-state index is 13.2. The number of amides is 1. The molecular weight excluding hydrogens is 412 g/mol. The van der Waals surface area contributed by atoms with Gasteiger partial charge in [0.2, 0.25) is 5.91 Å². The predicted octanol–water partition coefficient (Wildman–Crippen LogP) is 4.00. The van der Waals surface area contributed by atoms with Crippen LogP contribution in [-0.4, -0.2) is 33.1 Å². The van der Waals surface area contributed by atoms with E-state index in [0.717, 1.165) is 10.4 Å². The SMILES string of the molecule is COC(=O)c1cccn1C(Cc1cccs1)C(=O)Nc1ccc(Cn2ccnc2)cc1. The number of esters is 1. The first-order valence-corrected chi connectivity index (χ1v) is 10.6. The fraction of sp³-hybridized carbons (Fsp3) is 0.174. The topological polar surface area (TPSA) is 78.1 Å². The zero-order valence-corrected chi connectivity index (χ0v) is 17.8. The monoisotopic (exact) mass is 434 g/mol. The van der Waals surface area contributed by atoms with E-state index < -0.39 is 12.0 Å². The van der Waals surface area contributed by atoms with Gasteiger partial charge in [-0.05, 0) is 41.3 Å². The second kappa shape index (κ2) is 9.44. The van der Waals surface area contributed by atoms with Crippen LogP contribution in [0.25, 0.3) is 0 Å². The van der Waals surface area contributed by atoms with Crippen molar-refractivity contribution in [3.8, 4) is 0 Å². The number of imidazole rings is 1. The fourth-order valence-corrected chi connectivity index (χ4v) is 4.13. The summed E-state index contributed by atoms with van der Waals surface area (Å²) in [6, 6.07) is 14.4. The summed E-state index contributed by atoms with van der Waals surface area (Å²) < 4.78 is 8.53. The lowest BCUT2D eigenvalue weighted by Crippen LogP contribution is -2.29. The summed E-state index contributed by atoms with van der Waals surface area (Å²) in [4.78, 5) is 30.5. The van der Waals surface area contributed by atoms with Crippen LogP contribution >= 0.6 is 11.3 Å². The van der Waals surface area contributed by atoms with Crippen LogP contribution in [0.1, 0.15) is 27.0 Å². The summed E-state index contributed by atoms with van der Waals surface area (Å²) in [5, 5.41) is 4.96. The van der Waals surface area contributed by atoms with E-state index in [1.807, 2.05) is 52.5 Å². The average Bonchev–Trinajstić information content (AvgIpc) is 3.55. The number of anilines is 1. The number of carbonyl (C=O) groups is 2. The molecule has 1 unspecified atom stereocenters. The molecule has 4 aromatic rings. The third kappa shape index (κ3) is 4.92. The molecule has 3 aromatic heterocycles. The molecule has 0 saturated carbocycles. The number of ether oxygens (including phenoxy) is 1. The molecule has 0 aliphatic heterocycles. The van der Waals surface area contributed by atoms with Crippen molar-refractivity contribution in [3.63, 3.8) is 0 Å². The van der Waals surface area contributed by atoms with E-state index in [-0.39, 0.29) is 5.91 Å². The van der Waals surface area contributed by atoms with E-state index in [4.69, 9.17) is 4.74 Å². The Bertz CT molecular complexity index is 1130. The quantitative estimate of drug-likeness (QED) is 0.425. The van der Waals surface area contributed by atoms with Crippen molar-refractivity contribution < 1.29 is 14.3 Å². The Morgan fingerprint density at radius 2 is 1.97 bits per heavy atom. The first-order valence-electron chi connectivity index (χ1n) is 9.77. The minimum atomic E-state index is -0.589. The molecule has 0 radical (unpaired) electrons. The number of nitrogens with zero attached hydrogens (tertiary/aromatic N) is 3.